The van der Waals surface area contributed by atoms with E-state index in [0.717, 1.165) is 0 Å². The number of amides is 1. The van der Waals surface area contributed by atoms with E-state index in [2.05, 4.69) is 10.3 Å². The van der Waals surface area contributed by atoms with Crippen molar-refractivity contribution in [2.75, 3.05) is 12.4 Å². The number of methoxy groups -OCH3 is 1. The third-order valence-electron chi connectivity index (χ3n) is 2.57. The van der Waals surface area contributed by atoms with Gasteiger partial charge < -0.3 is 15.0 Å². The second-order valence-electron chi connectivity index (χ2n) is 3.95. The third-order valence-corrected chi connectivity index (χ3v) is 3.50. The van der Waals surface area contributed by atoms with Crippen molar-refractivity contribution >= 4 is 21.6 Å². The average Bonchev–Trinajstić information content (AvgIpc) is 2.91. The predicted molar refractivity (Wildman–Crippen MR) is 73.1 cm³/mol. The minimum Gasteiger partial charge on any atom is -0.495 e. The van der Waals surface area contributed by atoms with Crippen molar-refractivity contribution in [1.29, 1.82) is 0 Å². The quantitative estimate of drug-likeness (QED) is 0.778. The highest BCUT2D eigenvalue weighted by molar-refractivity contribution is 7.89. The van der Waals surface area contributed by atoms with Gasteiger partial charge in [0, 0.05) is 11.9 Å². The van der Waals surface area contributed by atoms with E-state index in [1.165, 1.54) is 25.3 Å². The molecule has 2 aromatic rings. The fourth-order valence-electron chi connectivity index (χ4n) is 1.65. The summed E-state index contributed by atoms with van der Waals surface area (Å²) in [6.07, 6.45) is 1.61. The van der Waals surface area contributed by atoms with Gasteiger partial charge in [-0.15, -0.1) is 0 Å². The van der Waals surface area contributed by atoms with Crippen LogP contribution in [0.25, 0.3) is 0 Å². The smallest absolute Gasteiger partial charge is 0.272 e. The molecule has 0 saturated heterocycles. The zero-order valence-corrected chi connectivity index (χ0v) is 11.4. The molecule has 106 valence electrons. The van der Waals surface area contributed by atoms with Crippen LogP contribution in [0.5, 0.6) is 5.75 Å². The summed E-state index contributed by atoms with van der Waals surface area (Å²) in [5, 5.41) is 7.66. The predicted octanol–water partition coefficient (Wildman–Crippen LogP) is 0.923. The molecule has 0 spiro atoms. The van der Waals surface area contributed by atoms with Crippen molar-refractivity contribution in [3.63, 3.8) is 0 Å². The van der Waals surface area contributed by atoms with Gasteiger partial charge in [0.05, 0.1) is 7.11 Å². The summed E-state index contributed by atoms with van der Waals surface area (Å²) >= 11 is 0. The molecule has 4 N–H and O–H groups in total. The van der Waals surface area contributed by atoms with Crippen LogP contribution < -0.4 is 15.2 Å². The Hall–Kier alpha value is -2.32. The first-order valence-electron chi connectivity index (χ1n) is 5.57. The first kappa shape index (κ1) is 14.1. The number of benzene rings is 1. The first-order chi connectivity index (χ1) is 9.41. The number of sulfonamides is 1. The van der Waals surface area contributed by atoms with Crippen LogP contribution in [0.2, 0.25) is 0 Å². The van der Waals surface area contributed by atoms with Gasteiger partial charge in [-0.2, -0.15) is 0 Å². The number of aromatic amines is 1. The largest absolute Gasteiger partial charge is 0.495 e. The summed E-state index contributed by atoms with van der Waals surface area (Å²) in [4.78, 5) is 14.4. The molecule has 0 fully saturated rings. The molecule has 1 aromatic carbocycles. The Labute approximate surface area is 115 Å². The van der Waals surface area contributed by atoms with Crippen LogP contribution in [-0.2, 0) is 10.0 Å². The number of rotatable bonds is 4. The Bertz CT molecular complexity index is 723. The van der Waals surface area contributed by atoms with E-state index in [-0.39, 0.29) is 16.6 Å². The van der Waals surface area contributed by atoms with Crippen molar-refractivity contribution in [3.05, 3.63) is 42.2 Å². The van der Waals surface area contributed by atoms with Gasteiger partial charge in [0.2, 0.25) is 10.0 Å². The van der Waals surface area contributed by atoms with Crippen LogP contribution in [0.4, 0.5) is 5.69 Å². The zero-order valence-electron chi connectivity index (χ0n) is 10.6. The molecule has 7 nitrogen and oxygen atoms in total. The van der Waals surface area contributed by atoms with Crippen LogP contribution in [-0.4, -0.2) is 26.4 Å². The second kappa shape index (κ2) is 5.35. The number of hydrogen-bond donors (Lipinski definition) is 3. The van der Waals surface area contributed by atoms with Gasteiger partial charge in [0.15, 0.2) is 0 Å². The van der Waals surface area contributed by atoms with Crippen LogP contribution in [0.15, 0.2) is 41.4 Å². The molecule has 20 heavy (non-hydrogen) atoms. The van der Waals surface area contributed by atoms with Crippen molar-refractivity contribution in [3.8, 4) is 5.75 Å². The number of ether oxygens (including phenoxy) is 1. The van der Waals surface area contributed by atoms with E-state index in [4.69, 9.17) is 9.88 Å². The second-order valence-corrected chi connectivity index (χ2v) is 5.48. The lowest BCUT2D eigenvalue weighted by Gasteiger charge is -2.09. The number of primary sulfonamides is 1. The summed E-state index contributed by atoms with van der Waals surface area (Å²) in [7, 11) is -2.61. The van der Waals surface area contributed by atoms with E-state index in [1.807, 2.05) is 0 Å². The molecule has 0 aliphatic heterocycles. The van der Waals surface area contributed by atoms with Gasteiger partial charge in [-0.1, -0.05) is 0 Å². The van der Waals surface area contributed by atoms with Gasteiger partial charge in [0.25, 0.3) is 5.91 Å². The van der Waals surface area contributed by atoms with E-state index in [1.54, 1.807) is 18.3 Å². The number of H-pyrrole nitrogens is 1. The molecule has 2 rings (SSSR count). The standard InChI is InChI=1S/C12H13N3O4S/c1-19-10-5-4-8(7-11(10)20(13,17)18)15-12(16)9-3-2-6-14-9/h2-7,14H,1H3,(H,15,16)(H2,13,17,18). The Morgan fingerprint density at radius 2 is 2.10 bits per heavy atom. The summed E-state index contributed by atoms with van der Waals surface area (Å²) < 4.78 is 27.8. The number of aromatic nitrogens is 1. The van der Waals surface area contributed by atoms with Crippen molar-refractivity contribution in [2.24, 2.45) is 5.14 Å². The van der Waals surface area contributed by atoms with Gasteiger partial charge >= 0.3 is 0 Å². The van der Waals surface area contributed by atoms with Crippen LogP contribution in [0.1, 0.15) is 10.5 Å². The Kier molecular flexibility index (Phi) is 3.77. The molecule has 0 saturated carbocycles. The maximum Gasteiger partial charge on any atom is 0.272 e. The van der Waals surface area contributed by atoms with Gasteiger partial charge in [0.1, 0.15) is 16.3 Å². The molecule has 8 heteroatoms. The molecule has 0 bridgehead atoms. The van der Waals surface area contributed by atoms with Crippen molar-refractivity contribution < 1.29 is 17.9 Å². The van der Waals surface area contributed by atoms with Crippen molar-refractivity contribution in [1.82, 2.24) is 4.98 Å². The lowest BCUT2D eigenvalue weighted by molar-refractivity contribution is 0.102. The first-order valence-corrected chi connectivity index (χ1v) is 7.12. The number of hydrogen-bond acceptors (Lipinski definition) is 4. The SMILES string of the molecule is COc1ccc(NC(=O)c2ccc[nH]2)cc1S(N)(=O)=O. The number of carbonyl (C=O) groups excluding carboxylic acids is 1. The molecule has 1 aromatic heterocycles. The normalized spacial score (nSPS) is 11.1. The van der Waals surface area contributed by atoms with Crippen LogP contribution in [0, 0.1) is 0 Å². The van der Waals surface area contributed by atoms with Gasteiger partial charge in [-0.25, -0.2) is 13.6 Å². The summed E-state index contributed by atoms with van der Waals surface area (Å²) in [5.74, 6) is -0.272. The van der Waals surface area contributed by atoms with E-state index < -0.39 is 10.0 Å². The number of anilines is 1. The Morgan fingerprint density at radius 3 is 2.65 bits per heavy atom. The van der Waals surface area contributed by atoms with Gasteiger partial charge in [-0.05, 0) is 30.3 Å². The molecule has 0 atom stereocenters. The van der Waals surface area contributed by atoms with E-state index in [9.17, 15) is 13.2 Å². The molecule has 0 unspecified atom stereocenters. The summed E-state index contributed by atoms with van der Waals surface area (Å²) in [5.41, 5.74) is 0.660. The van der Waals surface area contributed by atoms with Crippen molar-refractivity contribution in [2.45, 2.75) is 4.90 Å². The summed E-state index contributed by atoms with van der Waals surface area (Å²) in [6.45, 7) is 0. The zero-order chi connectivity index (χ0) is 14.8. The lowest BCUT2D eigenvalue weighted by Crippen LogP contribution is -2.16. The monoisotopic (exact) mass is 295 g/mol. The lowest BCUT2D eigenvalue weighted by atomic mass is 10.3. The fourth-order valence-corrected chi connectivity index (χ4v) is 2.37. The minimum atomic E-state index is -3.94. The highest BCUT2D eigenvalue weighted by Gasteiger charge is 2.16. The molecular formula is C12H13N3O4S. The third kappa shape index (κ3) is 2.98. The topological polar surface area (TPSA) is 114 Å². The molecule has 1 heterocycles. The van der Waals surface area contributed by atoms with Crippen LogP contribution >= 0.6 is 0 Å². The van der Waals surface area contributed by atoms with Gasteiger partial charge in [-0.3, -0.25) is 4.79 Å². The number of carbonyl (C=O) groups is 1. The molecule has 1 amide bonds. The highest BCUT2D eigenvalue weighted by Crippen LogP contribution is 2.26. The minimum absolute atomic E-state index is 0.116. The maximum absolute atomic E-state index is 11.8. The average molecular weight is 295 g/mol. The molecular weight excluding hydrogens is 282 g/mol. The Balaban J connectivity index is 2.33. The van der Waals surface area contributed by atoms with Crippen LogP contribution in [0.3, 0.4) is 0 Å². The maximum atomic E-state index is 11.8. The van der Waals surface area contributed by atoms with E-state index >= 15 is 0 Å². The molecule has 0 aliphatic rings. The number of nitrogens with two attached hydrogens (primary N) is 1. The fraction of sp³-hybridized carbons (Fsp3) is 0.0833. The summed E-state index contributed by atoms with van der Waals surface area (Å²) in [6, 6.07) is 7.46. The number of nitrogens with one attached hydrogen (secondary N) is 2. The molecule has 0 aliphatic carbocycles. The highest BCUT2D eigenvalue weighted by atomic mass is 32.2. The molecule has 0 radical (unpaired) electrons. The van der Waals surface area contributed by atoms with E-state index in [0.29, 0.717) is 11.4 Å². The Morgan fingerprint density at radius 1 is 1.35 bits per heavy atom.